The normalized spacial score (nSPS) is 13.7. The van der Waals surface area contributed by atoms with Crippen molar-refractivity contribution < 1.29 is 5.11 Å². The van der Waals surface area contributed by atoms with Crippen molar-refractivity contribution in [2.24, 2.45) is 0 Å². The second kappa shape index (κ2) is 6.30. The quantitative estimate of drug-likeness (QED) is 0.621. The second-order valence-electron chi connectivity index (χ2n) is 3.83. The van der Waals surface area contributed by atoms with Crippen LogP contribution in [0.4, 0.5) is 0 Å². The van der Waals surface area contributed by atoms with Gasteiger partial charge in [0.15, 0.2) is 5.60 Å². The fourth-order valence-corrected chi connectivity index (χ4v) is 1.41. The molecule has 0 fully saturated rings. The van der Waals surface area contributed by atoms with E-state index in [0.717, 1.165) is 19.3 Å². The van der Waals surface area contributed by atoms with Gasteiger partial charge in [0.25, 0.3) is 0 Å². The molecule has 16 heavy (non-hydrogen) atoms. The first kappa shape index (κ1) is 12.7. The van der Waals surface area contributed by atoms with Crippen molar-refractivity contribution in [2.45, 2.75) is 45.1 Å². The lowest BCUT2D eigenvalue weighted by Crippen LogP contribution is -2.23. The Morgan fingerprint density at radius 1 is 1.38 bits per heavy atom. The molecule has 0 bridgehead atoms. The van der Waals surface area contributed by atoms with Crippen LogP contribution in [0.25, 0.3) is 0 Å². The maximum absolute atomic E-state index is 10.4. The summed E-state index contributed by atoms with van der Waals surface area (Å²) in [5, 5.41) is 10.4. The monoisotopic (exact) mass is 217 g/mol. The van der Waals surface area contributed by atoms with Gasteiger partial charge in [0.1, 0.15) is 0 Å². The summed E-state index contributed by atoms with van der Waals surface area (Å²) < 4.78 is 0. The summed E-state index contributed by atoms with van der Waals surface area (Å²) in [6, 6.07) is 5.53. The van der Waals surface area contributed by atoms with Crippen molar-refractivity contribution in [1.82, 2.24) is 4.98 Å². The molecule has 0 aromatic carbocycles. The van der Waals surface area contributed by atoms with E-state index >= 15 is 0 Å². The highest BCUT2D eigenvalue weighted by molar-refractivity contribution is 5.25. The van der Waals surface area contributed by atoms with Gasteiger partial charge in [0.2, 0.25) is 0 Å². The van der Waals surface area contributed by atoms with Crippen molar-refractivity contribution in [3.63, 3.8) is 0 Å². The molecule has 0 aliphatic heterocycles. The molecule has 0 saturated carbocycles. The third-order valence-corrected chi connectivity index (χ3v) is 2.55. The van der Waals surface area contributed by atoms with Crippen LogP contribution in [0.15, 0.2) is 24.4 Å². The fraction of sp³-hybridized carbons (Fsp3) is 0.500. The number of aliphatic hydroxyl groups is 1. The molecule has 1 rings (SSSR count). The van der Waals surface area contributed by atoms with E-state index in [9.17, 15) is 5.11 Å². The van der Waals surface area contributed by atoms with Crippen LogP contribution >= 0.6 is 0 Å². The Bertz CT molecular complexity index is 363. The first-order chi connectivity index (χ1) is 7.73. The van der Waals surface area contributed by atoms with Crippen LogP contribution in [-0.4, -0.2) is 10.1 Å². The molecule has 1 atom stereocenters. The van der Waals surface area contributed by atoms with E-state index < -0.39 is 5.60 Å². The predicted octanol–water partition coefficient (Wildman–Crippen LogP) is 2.87. The summed E-state index contributed by atoms with van der Waals surface area (Å²) in [4.78, 5) is 4.17. The van der Waals surface area contributed by atoms with Crippen molar-refractivity contribution in [2.75, 3.05) is 0 Å². The van der Waals surface area contributed by atoms with Gasteiger partial charge in [0, 0.05) is 12.6 Å². The minimum Gasteiger partial charge on any atom is -0.372 e. The van der Waals surface area contributed by atoms with Crippen LogP contribution in [0.1, 0.15) is 45.2 Å². The topological polar surface area (TPSA) is 33.1 Å². The van der Waals surface area contributed by atoms with Gasteiger partial charge in [-0.3, -0.25) is 4.98 Å². The van der Waals surface area contributed by atoms with Crippen LogP contribution in [0.3, 0.4) is 0 Å². The second-order valence-corrected chi connectivity index (χ2v) is 3.83. The number of unbranched alkanes of at least 4 members (excludes halogenated alkanes) is 2. The molecule has 1 heterocycles. The molecule has 1 N–H and O–H groups in total. The lowest BCUT2D eigenvalue weighted by atomic mass is 9.96. The molecule has 0 spiro atoms. The Kier molecular flexibility index (Phi) is 5.01. The lowest BCUT2D eigenvalue weighted by molar-refractivity contribution is 0.0911. The first-order valence-electron chi connectivity index (χ1n) is 5.87. The summed E-state index contributed by atoms with van der Waals surface area (Å²) in [6.07, 6.45) is 5.29. The molecule has 1 aromatic heterocycles. The highest BCUT2D eigenvalue weighted by Gasteiger charge is 2.25. The molecule has 0 aliphatic rings. The van der Waals surface area contributed by atoms with Gasteiger partial charge < -0.3 is 5.11 Å². The number of aromatic nitrogens is 1. The minimum atomic E-state index is -1.09. The van der Waals surface area contributed by atoms with Gasteiger partial charge in [-0.15, -0.1) is 0 Å². The number of rotatable bonds is 4. The van der Waals surface area contributed by atoms with Crippen molar-refractivity contribution >= 4 is 0 Å². The molecule has 0 amide bonds. The molecule has 2 nitrogen and oxygen atoms in total. The molecule has 86 valence electrons. The zero-order valence-corrected chi connectivity index (χ0v) is 10.0. The summed E-state index contributed by atoms with van der Waals surface area (Å²) in [6.45, 7) is 4.05. The van der Waals surface area contributed by atoms with Crippen LogP contribution in [0.5, 0.6) is 0 Å². The van der Waals surface area contributed by atoms with Gasteiger partial charge in [-0.1, -0.05) is 38.2 Å². The molecule has 0 unspecified atom stereocenters. The van der Waals surface area contributed by atoms with E-state index in [4.69, 9.17) is 0 Å². The van der Waals surface area contributed by atoms with E-state index in [1.54, 1.807) is 6.20 Å². The lowest BCUT2D eigenvalue weighted by Gasteiger charge is -2.19. The number of hydrogen-bond donors (Lipinski definition) is 1. The molecule has 0 radical (unpaired) electrons. The highest BCUT2D eigenvalue weighted by atomic mass is 16.3. The first-order valence-corrected chi connectivity index (χ1v) is 5.87. The average Bonchev–Trinajstić information content (AvgIpc) is 2.35. The highest BCUT2D eigenvalue weighted by Crippen LogP contribution is 2.21. The predicted molar refractivity (Wildman–Crippen MR) is 65.7 cm³/mol. The maximum Gasteiger partial charge on any atom is 0.167 e. The molecular formula is C14H19NO. The van der Waals surface area contributed by atoms with Crippen LogP contribution in [0, 0.1) is 11.8 Å². The smallest absolute Gasteiger partial charge is 0.167 e. The van der Waals surface area contributed by atoms with E-state index in [2.05, 4.69) is 23.7 Å². The Morgan fingerprint density at radius 2 is 2.19 bits per heavy atom. The van der Waals surface area contributed by atoms with Crippen LogP contribution in [-0.2, 0) is 5.60 Å². The van der Waals surface area contributed by atoms with E-state index in [-0.39, 0.29) is 0 Å². The van der Waals surface area contributed by atoms with Gasteiger partial charge in [-0.2, -0.15) is 0 Å². The minimum absolute atomic E-state index is 0.559. The van der Waals surface area contributed by atoms with Gasteiger partial charge in [0.05, 0.1) is 5.69 Å². The molecule has 0 saturated heterocycles. The third kappa shape index (κ3) is 3.36. The summed E-state index contributed by atoms with van der Waals surface area (Å²) in [5.74, 6) is 5.98. The molecule has 2 heteroatoms. The van der Waals surface area contributed by atoms with Gasteiger partial charge in [-0.25, -0.2) is 0 Å². The molecular weight excluding hydrogens is 198 g/mol. The van der Waals surface area contributed by atoms with E-state index in [0.29, 0.717) is 12.1 Å². The standard InChI is InChI=1S/C14H19NO/c1-3-5-6-8-11-14(16,4-2)13-10-7-9-12-15-13/h7,9-10,12,16H,3-6H2,1-2H3/t14-/m0/s1. The van der Waals surface area contributed by atoms with E-state index in [1.807, 2.05) is 25.1 Å². The van der Waals surface area contributed by atoms with E-state index in [1.165, 1.54) is 0 Å². The molecule has 0 aliphatic carbocycles. The average molecular weight is 217 g/mol. The number of nitrogens with zero attached hydrogens (tertiary/aromatic N) is 1. The summed E-state index contributed by atoms with van der Waals surface area (Å²) in [7, 11) is 0. The number of pyridine rings is 1. The Balaban J connectivity index is 2.80. The van der Waals surface area contributed by atoms with Crippen molar-refractivity contribution in [3.05, 3.63) is 30.1 Å². The van der Waals surface area contributed by atoms with Crippen molar-refractivity contribution in [3.8, 4) is 11.8 Å². The van der Waals surface area contributed by atoms with Crippen LogP contribution in [0.2, 0.25) is 0 Å². The zero-order chi connectivity index (χ0) is 11.9. The summed E-state index contributed by atoms with van der Waals surface area (Å²) in [5.41, 5.74) is -0.448. The molecule has 1 aromatic rings. The van der Waals surface area contributed by atoms with Crippen LogP contribution < -0.4 is 0 Å². The van der Waals surface area contributed by atoms with Gasteiger partial charge in [-0.05, 0) is 25.0 Å². The Labute approximate surface area is 97.7 Å². The Morgan fingerprint density at radius 3 is 2.75 bits per heavy atom. The third-order valence-electron chi connectivity index (χ3n) is 2.55. The largest absolute Gasteiger partial charge is 0.372 e. The summed E-state index contributed by atoms with van der Waals surface area (Å²) >= 11 is 0. The zero-order valence-electron chi connectivity index (χ0n) is 10.0. The van der Waals surface area contributed by atoms with Gasteiger partial charge >= 0.3 is 0 Å². The maximum atomic E-state index is 10.4. The SMILES string of the molecule is CCCCC#C[C@@](O)(CC)c1ccccn1. The number of hydrogen-bond acceptors (Lipinski definition) is 2. The van der Waals surface area contributed by atoms with Crippen molar-refractivity contribution in [1.29, 1.82) is 0 Å². The Hall–Kier alpha value is -1.33. The fourth-order valence-electron chi connectivity index (χ4n) is 1.41.